The van der Waals surface area contributed by atoms with Crippen LogP contribution in [0.15, 0.2) is 30.3 Å². The normalized spacial score (nSPS) is 12.5. The highest BCUT2D eigenvalue weighted by Gasteiger charge is 2.15. The maximum Gasteiger partial charge on any atom is 0.106 e. The van der Waals surface area contributed by atoms with Crippen molar-refractivity contribution in [2.45, 2.75) is 20.0 Å². The Morgan fingerprint density at radius 1 is 1.06 bits per heavy atom. The van der Waals surface area contributed by atoms with Crippen molar-refractivity contribution in [3.63, 3.8) is 0 Å². The summed E-state index contributed by atoms with van der Waals surface area (Å²) in [4.78, 5) is 4.28. The molecule has 0 spiro atoms. The first-order valence-corrected chi connectivity index (χ1v) is 6.31. The third kappa shape index (κ3) is 2.83. The van der Waals surface area contributed by atoms with E-state index >= 15 is 0 Å². The molecule has 18 heavy (non-hydrogen) atoms. The molecule has 4 heteroatoms. The van der Waals surface area contributed by atoms with E-state index < -0.39 is 6.10 Å². The zero-order valence-electron chi connectivity index (χ0n) is 10.1. The fourth-order valence-corrected chi connectivity index (χ4v) is 2.33. The van der Waals surface area contributed by atoms with Gasteiger partial charge >= 0.3 is 0 Å². The van der Waals surface area contributed by atoms with Gasteiger partial charge in [0.2, 0.25) is 0 Å². The van der Waals surface area contributed by atoms with Crippen LogP contribution in [0.25, 0.3) is 0 Å². The number of aliphatic hydroxyl groups excluding tert-OH is 1. The van der Waals surface area contributed by atoms with Gasteiger partial charge in [-0.1, -0.05) is 23.2 Å². The van der Waals surface area contributed by atoms with Gasteiger partial charge in [-0.3, -0.25) is 4.98 Å². The average Bonchev–Trinajstić information content (AvgIpc) is 2.30. The molecule has 0 saturated heterocycles. The van der Waals surface area contributed by atoms with E-state index in [1.165, 1.54) is 0 Å². The fourth-order valence-electron chi connectivity index (χ4n) is 1.93. The van der Waals surface area contributed by atoms with Crippen LogP contribution < -0.4 is 0 Å². The minimum Gasteiger partial charge on any atom is -0.384 e. The average molecular weight is 282 g/mol. The van der Waals surface area contributed by atoms with E-state index in [1.54, 1.807) is 18.2 Å². The second-order valence-electron chi connectivity index (χ2n) is 4.25. The molecule has 1 N–H and O–H groups in total. The molecule has 0 aliphatic rings. The predicted octanol–water partition coefficient (Wildman–Crippen LogP) is 4.09. The summed E-state index contributed by atoms with van der Waals surface area (Å²) in [6.45, 7) is 3.78. The van der Waals surface area contributed by atoms with E-state index in [9.17, 15) is 5.11 Å². The van der Waals surface area contributed by atoms with Gasteiger partial charge in [0, 0.05) is 27.0 Å². The first kappa shape index (κ1) is 13.3. The molecule has 0 bridgehead atoms. The lowest BCUT2D eigenvalue weighted by Gasteiger charge is -2.14. The third-order valence-corrected chi connectivity index (χ3v) is 3.25. The SMILES string of the molecule is Cc1cc(C(O)c2cc(Cl)ccc2Cl)cc(C)n1. The predicted molar refractivity (Wildman–Crippen MR) is 74.2 cm³/mol. The lowest BCUT2D eigenvalue weighted by Crippen LogP contribution is -2.02. The van der Waals surface area contributed by atoms with Crippen LogP contribution in [0.4, 0.5) is 0 Å². The second-order valence-corrected chi connectivity index (χ2v) is 5.10. The molecule has 1 unspecified atom stereocenters. The smallest absolute Gasteiger partial charge is 0.106 e. The fraction of sp³-hybridized carbons (Fsp3) is 0.214. The standard InChI is InChI=1S/C14H13Cl2NO/c1-8-5-10(6-9(2)17-8)14(18)12-7-11(15)3-4-13(12)16/h3-7,14,18H,1-2H3. The molecule has 2 nitrogen and oxygen atoms in total. The summed E-state index contributed by atoms with van der Waals surface area (Å²) in [5.74, 6) is 0. The van der Waals surface area contributed by atoms with Crippen molar-refractivity contribution >= 4 is 23.2 Å². The number of hydrogen-bond donors (Lipinski definition) is 1. The molecule has 1 atom stereocenters. The number of aromatic nitrogens is 1. The number of aliphatic hydroxyl groups is 1. The van der Waals surface area contributed by atoms with E-state index in [0.717, 1.165) is 17.0 Å². The zero-order chi connectivity index (χ0) is 13.3. The number of pyridine rings is 1. The van der Waals surface area contributed by atoms with Crippen LogP contribution in [-0.2, 0) is 0 Å². The van der Waals surface area contributed by atoms with E-state index in [2.05, 4.69) is 4.98 Å². The third-order valence-electron chi connectivity index (χ3n) is 2.67. The summed E-state index contributed by atoms with van der Waals surface area (Å²) in [5, 5.41) is 11.4. The number of nitrogens with zero attached hydrogens (tertiary/aromatic N) is 1. The Morgan fingerprint density at radius 3 is 2.28 bits per heavy atom. The Bertz CT molecular complexity index is 564. The highest BCUT2D eigenvalue weighted by atomic mass is 35.5. The van der Waals surface area contributed by atoms with Gasteiger partial charge in [0.05, 0.1) is 0 Å². The minimum absolute atomic E-state index is 0.499. The molecule has 2 rings (SSSR count). The summed E-state index contributed by atoms with van der Waals surface area (Å²) in [6.07, 6.45) is -0.795. The van der Waals surface area contributed by atoms with Crippen LogP contribution in [0.5, 0.6) is 0 Å². The summed E-state index contributed by atoms with van der Waals surface area (Å²) in [5.41, 5.74) is 3.10. The van der Waals surface area contributed by atoms with Crippen LogP contribution in [0, 0.1) is 13.8 Å². The Morgan fingerprint density at radius 2 is 1.67 bits per heavy atom. The maximum atomic E-state index is 10.4. The van der Waals surface area contributed by atoms with E-state index in [1.807, 2.05) is 26.0 Å². The topological polar surface area (TPSA) is 33.1 Å². The zero-order valence-corrected chi connectivity index (χ0v) is 11.6. The second kappa shape index (κ2) is 5.27. The van der Waals surface area contributed by atoms with Crippen molar-refractivity contribution in [1.29, 1.82) is 0 Å². The van der Waals surface area contributed by atoms with E-state index in [4.69, 9.17) is 23.2 Å². The Hall–Kier alpha value is -1.09. The van der Waals surface area contributed by atoms with Crippen molar-refractivity contribution in [3.8, 4) is 0 Å². The largest absolute Gasteiger partial charge is 0.384 e. The van der Waals surface area contributed by atoms with Gasteiger partial charge in [0.1, 0.15) is 6.10 Å². The maximum absolute atomic E-state index is 10.4. The molecule has 1 heterocycles. The highest BCUT2D eigenvalue weighted by Crippen LogP contribution is 2.30. The molecule has 0 saturated carbocycles. The van der Waals surface area contributed by atoms with Crippen LogP contribution in [0.3, 0.4) is 0 Å². The van der Waals surface area contributed by atoms with Crippen molar-refractivity contribution in [2.24, 2.45) is 0 Å². The minimum atomic E-state index is -0.795. The molecule has 0 fully saturated rings. The first-order valence-electron chi connectivity index (χ1n) is 5.55. The van der Waals surface area contributed by atoms with Gasteiger partial charge in [-0.2, -0.15) is 0 Å². The molecule has 0 aliphatic carbocycles. The van der Waals surface area contributed by atoms with E-state index in [-0.39, 0.29) is 0 Å². The quantitative estimate of drug-likeness (QED) is 0.900. The van der Waals surface area contributed by atoms with Gasteiger partial charge in [-0.25, -0.2) is 0 Å². The monoisotopic (exact) mass is 281 g/mol. The first-order chi connectivity index (χ1) is 8.47. The van der Waals surface area contributed by atoms with Crippen LogP contribution in [0.1, 0.15) is 28.6 Å². The lowest BCUT2D eigenvalue weighted by molar-refractivity contribution is 0.220. The highest BCUT2D eigenvalue weighted by molar-refractivity contribution is 6.33. The van der Waals surface area contributed by atoms with Crippen molar-refractivity contribution < 1.29 is 5.11 Å². The Kier molecular flexibility index (Phi) is 3.91. The number of halogens is 2. The number of benzene rings is 1. The molecule has 94 valence electrons. The molecule has 1 aromatic heterocycles. The molecule has 0 aliphatic heterocycles. The molecular weight excluding hydrogens is 269 g/mol. The molecular formula is C14H13Cl2NO. The number of aryl methyl sites for hydroxylation is 2. The summed E-state index contributed by atoms with van der Waals surface area (Å²) in [7, 11) is 0. The molecule has 0 amide bonds. The number of rotatable bonds is 2. The van der Waals surface area contributed by atoms with Gasteiger partial charge < -0.3 is 5.11 Å². The number of hydrogen-bond acceptors (Lipinski definition) is 2. The summed E-state index contributed by atoms with van der Waals surface area (Å²) < 4.78 is 0. The van der Waals surface area contributed by atoms with Crippen molar-refractivity contribution in [2.75, 3.05) is 0 Å². The molecule has 2 aromatic rings. The molecule has 0 radical (unpaired) electrons. The van der Waals surface area contributed by atoms with Gasteiger partial charge in [-0.05, 0) is 49.7 Å². The van der Waals surface area contributed by atoms with Crippen LogP contribution >= 0.6 is 23.2 Å². The van der Waals surface area contributed by atoms with Gasteiger partial charge in [0.25, 0.3) is 0 Å². The van der Waals surface area contributed by atoms with Crippen molar-refractivity contribution in [1.82, 2.24) is 4.98 Å². The van der Waals surface area contributed by atoms with Gasteiger partial charge in [-0.15, -0.1) is 0 Å². The van der Waals surface area contributed by atoms with Crippen LogP contribution in [-0.4, -0.2) is 10.1 Å². The summed E-state index contributed by atoms with van der Waals surface area (Å²) >= 11 is 12.0. The van der Waals surface area contributed by atoms with Crippen LogP contribution in [0.2, 0.25) is 10.0 Å². The summed E-state index contributed by atoms with van der Waals surface area (Å²) in [6, 6.07) is 8.75. The lowest BCUT2D eigenvalue weighted by atomic mass is 10.0. The molecule has 1 aromatic carbocycles. The Balaban J connectivity index is 2.47. The van der Waals surface area contributed by atoms with Gasteiger partial charge in [0.15, 0.2) is 0 Å². The van der Waals surface area contributed by atoms with E-state index in [0.29, 0.717) is 15.6 Å². The Labute approximate surface area is 116 Å². The van der Waals surface area contributed by atoms with Crippen molar-refractivity contribution in [3.05, 3.63) is 62.9 Å².